The second-order valence-electron chi connectivity index (χ2n) is 4.50. The summed E-state index contributed by atoms with van der Waals surface area (Å²) in [6, 6.07) is 3.63. The van der Waals surface area contributed by atoms with Gasteiger partial charge in [0.05, 0.1) is 12.2 Å². The predicted molar refractivity (Wildman–Crippen MR) is 65.3 cm³/mol. The predicted octanol–water partition coefficient (Wildman–Crippen LogP) is 3.12. The van der Waals surface area contributed by atoms with Crippen LogP contribution < -0.4 is 0 Å². The molecule has 16 heavy (non-hydrogen) atoms. The number of hydrogen-bond donors (Lipinski definition) is 1. The SMILES string of the molecule is CC(C)(C)N(Cc1cc(Br)ccn1)C(=O)O. The highest BCUT2D eigenvalue weighted by Gasteiger charge is 2.26. The van der Waals surface area contributed by atoms with Crippen LogP contribution in [-0.4, -0.2) is 26.6 Å². The summed E-state index contributed by atoms with van der Waals surface area (Å²) in [7, 11) is 0. The van der Waals surface area contributed by atoms with Gasteiger partial charge in [0.2, 0.25) is 0 Å². The van der Waals surface area contributed by atoms with Gasteiger partial charge < -0.3 is 5.11 Å². The van der Waals surface area contributed by atoms with Gasteiger partial charge in [-0.2, -0.15) is 0 Å². The maximum atomic E-state index is 11.1. The third kappa shape index (κ3) is 3.48. The topological polar surface area (TPSA) is 53.4 Å². The molecule has 0 aliphatic carbocycles. The Hall–Kier alpha value is -1.10. The first-order valence-electron chi connectivity index (χ1n) is 4.91. The van der Waals surface area contributed by atoms with Gasteiger partial charge in [-0.25, -0.2) is 4.79 Å². The van der Waals surface area contributed by atoms with E-state index in [0.717, 1.165) is 10.2 Å². The van der Waals surface area contributed by atoms with Crippen molar-refractivity contribution < 1.29 is 9.90 Å². The van der Waals surface area contributed by atoms with Gasteiger partial charge in [-0.15, -0.1) is 0 Å². The van der Waals surface area contributed by atoms with Crippen LogP contribution in [0.25, 0.3) is 0 Å². The monoisotopic (exact) mass is 286 g/mol. The summed E-state index contributed by atoms with van der Waals surface area (Å²) >= 11 is 3.33. The van der Waals surface area contributed by atoms with E-state index in [-0.39, 0.29) is 6.54 Å². The van der Waals surface area contributed by atoms with Crippen molar-refractivity contribution >= 4 is 22.0 Å². The van der Waals surface area contributed by atoms with Gasteiger partial charge in [-0.05, 0) is 32.9 Å². The van der Waals surface area contributed by atoms with Crippen LogP contribution in [0.3, 0.4) is 0 Å². The molecular formula is C11H15BrN2O2. The molecule has 1 heterocycles. The molecule has 0 fully saturated rings. The van der Waals surface area contributed by atoms with Crippen molar-refractivity contribution in [2.24, 2.45) is 0 Å². The van der Waals surface area contributed by atoms with Gasteiger partial charge in [-0.1, -0.05) is 15.9 Å². The Kier molecular flexibility index (Phi) is 3.91. The molecule has 0 unspecified atom stereocenters. The number of rotatable bonds is 2. The zero-order valence-corrected chi connectivity index (χ0v) is 11.2. The number of halogens is 1. The van der Waals surface area contributed by atoms with Gasteiger partial charge in [0.1, 0.15) is 0 Å². The molecule has 5 heteroatoms. The van der Waals surface area contributed by atoms with E-state index in [2.05, 4.69) is 20.9 Å². The van der Waals surface area contributed by atoms with E-state index in [0.29, 0.717) is 0 Å². The standard InChI is InChI=1S/C11H15BrN2O2/c1-11(2,3)14(10(15)16)7-9-6-8(12)4-5-13-9/h4-6H,7H2,1-3H3,(H,15,16). The Morgan fingerprint density at radius 1 is 1.56 bits per heavy atom. The number of pyridine rings is 1. The summed E-state index contributed by atoms with van der Waals surface area (Å²) in [5.74, 6) is 0. The summed E-state index contributed by atoms with van der Waals surface area (Å²) in [4.78, 5) is 16.6. The van der Waals surface area contributed by atoms with Crippen molar-refractivity contribution in [3.05, 3.63) is 28.5 Å². The van der Waals surface area contributed by atoms with Gasteiger partial charge in [0, 0.05) is 16.2 Å². The lowest BCUT2D eigenvalue weighted by Crippen LogP contribution is -2.44. The highest BCUT2D eigenvalue weighted by Crippen LogP contribution is 2.18. The summed E-state index contributed by atoms with van der Waals surface area (Å²) in [6.07, 6.45) is 0.719. The van der Waals surface area contributed by atoms with Gasteiger partial charge >= 0.3 is 6.09 Å². The minimum atomic E-state index is -0.936. The second kappa shape index (κ2) is 4.82. The molecule has 1 amide bonds. The summed E-state index contributed by atoms with van der Waals surface area (Å²) in [5.41, 5.74) is 0.294. The molecular weight excluding hydrogens is 272 g/mol. The molecule has 88 valence electrons. The maximum absolute atomic E-state index is 11.1. The third-order valence-electron chi connectivity index (χ3n) is 2.14. The maximum Gasteiger partial charge on any atom is 0.408 e. The molecule has 4 nitrogen and oxygen atoms in total. The first kappa shape index (κ1) is 13.0. The summed E-state index contributed by atoms with van der Waals surface area (Å²) in [6.45, 7) is 5.87. The smallest absolute Gasteiger partial charge is 0.408 e. The first-order chi connectivity index (χ1) is 7.30. The quantitative estimate of drug-likeness (QED) is 0.909. The van der Waals surface area contributed by atoms with Crippen LogP contribution in [0.4, 0.5) is 4.79 Å². The molecule has 0 radical (unpaired) electrons. The van der Waals surface area contributed by atoms with Crippen molar-refractivity contribution in [1.82, 2.24) is 9.88 Å². The molecule has 0 bridgehead atoms. The van der Waals surface area contributed by atoms with Crippen LogP contribution in [0.5, 0.6) is 0 Å². The van der Waals surface area contributed by atoms with Crippen LogP contribution in [-0.2, 0) is 6.54 Å². The van der Waals surface area contributed by atoms with Crippen LogP contribution in [0.1, 0.15) is 26.5 Å². The summed E-state index contributed by atoms with van der Waals surface area (Å²) in [5, 5.41) is 9.13. The Bertz CT molecular complexity index is 388. The summed E-state index contributed by atoms with van der Waals surface area (Å²) < 4.78 is 0.900. The van der Waals surface area contributed by atoms with Crippen molar-refractivity contribution in [2.45, 2.75) is 32.9 Å². The zero-order valence-electron chi connectivity index (χ0n) is 9.57. The second-order valence-corrected chi connectivity index (χ2v) is 5.42. The average Bonchev–Trinajstić information content (AvgIpc) is 2.12. The fraction of sp³-hybridized carbons (Fsp3) is 0.455. The van der Waals surface area contributed by atoms with E-state index >= 15 is 0 Å². The zero-order chi connectivity index (χ0) is 12.3. The lowest BCUT2D eigenvalue weighted by Gasteiger charge is -2.32. The number of carboxylic acid groups (broad SMARTS) is 1. The van der Waals surface area contributed by atoms with E-state index in [4.69, 9.17) is 5.11 Å². The van der Waals surface area contributed by atoms with E-state index in [1.807, 2.05) is 32.9 Å². The minimum absolute atomic E-state index is 0.290. The molecule has 0 aliphatic heterocycles. The molecule has 0 atom stereocenters. The van der Waals surface area contributed by atoms with Gasteiger partial charge in [0.15, 0.2) is 0 Å². The largest absolute Gasteiger partial charge is 0.465 e. The number of aromatic nitrogens is 1. The lowest BCUT2D eigenvalue weighted by atomic mass is 10.1. The van der Waals surface area contributed by atoms with E-state index < -0.39 is 11.6 Å². The number of hydrogen-bond acceptors (Lipinski definition) is 2. The first-order valence-corrected chi connectivity index (χ1v) is 5.71. The van der Waals surface area contributed by atoms with Crippen LogP contribution in [0.2, 0.25) is 0 Å². The molecule has 0 aromatic carbocycles. The van der Waals surface area contributed by atoms with Crippen molar-refractivity contribution in [3.8, 4) is 0 Å². The molecule has 0 aliphatic rings. The third-order valence-corrected chi connectivity index (χ3v) is 2.63. The van der Waals surface area contributed by atoms with Crippen LogP contribution >= 0.6 is 15.9 Å². The number of nitrogens with zero attached hydrogens (tertiary/aromatic N) is 2. The van der Waals surface area contributed by atoms with Gasteiger partial charge in [0.25, 0.3) is 0 Å². The van der Waals surface area contributed by atoms with Crippen molar-refractivity contribution in [2.75, 3.05) is 0 Å². The molecule has 1 N–H and O–H groups in total. The van der Waals surface area contributed by atoms with Gasteiger partial charge in [-0.3, -0.25) is 9.88 Å². The average molecular weight is 287 g/mol. The molecule has 1 aromatic rings. The highest BCUT2D eigenvalue weighted by molar-refractivity contribution is 9.10. The van der Waals surface area contributed by atoms with E-state index in [1.54, 1.807) is 6.20 Å². The fourth-order valence-electron chi connectivity index (χ4n) is 1.29. The molecule has 0 saturated carbocycles. The highest BCUT2D eigenvalue weighted by atomic mass is 79.9. The van der Waals surface area contributed by atoms with Crippen LogP contribution in [0, 0.1) is 0 Å². The molecule has 1 aromatic heterocycles. The number of amides is 1. The fourth-order valence-corrected chi connectivity index (χ4v) is 1.67. The van der Waals surface area contributed by atoms with Crippen molar-refractivity contribution in [1.29, 1.82) is 0 Å². The Morgan fingerprint density at radius 2 is 2.19 bits per heavy atom. The van der Waals surface area contributed by atoms with Crippen molar-refractivity contribution in [3.63, 3.8) is 0 Å². The van der Waals surface area contributed by atoms with E-state index in [9.17, 15) is 4.79 Å². The Labute approximate surface area is 103 Å². The van der Waals surface area contributed by atoms with Crippen LogP contribution in [0.15, 0.2) is 22.8 Å². The Balaban J connectivity index is 2.89. The van der Waals surface area contributed by atoms with E-state index in [1.165, 1.54) is 4.90 Å². The number of carbonyl (C=O) groups is 1. The normalized spacial score (nSPS) is 11.2. The molecule has 0 spiro atoms. The minimum Gasteiger partial charge on any atom is -0.465 e. The lowest BCUT2D eigenvalue weighted by molar-refractivity contribution is 0.0947. The molecule has 0 saturated heterocycles. The Morgan fingerprint density at radius 3 is 2.62 bits per heavy atom. The molecule has 1 rings (SSSR count).